The fourth-order valence-electron chi connectivity index (χ4n) is 5.40. The Morgan fingerprint density at radius 3 is 2.47 bits per heavy atom. The third kappa shape index (κ3) is 4.03. The molecule has 1 unspecified atom stereocenters. The van der Waals surface area contributed by atoms with Crippen molar-refractivity contribution in [1.29, 1.82) is 0 Å². The lowest BCUT2D eigenvalue weighted by Gasteiger charge is -2.41. The van der Waals surface area contributed by atoms with Crippen LogP contribution >= 0.6 is 0 Å². The highest BCUT2D eigenvalue weighted by molar-refractivity contribution is 5.99. The largest absolute Gasteiger partial charge is 0.465 e. The molecule has 2 N–H and O–H groups in total. The summed E-state index contributed by atoms with van der Waals surface area (Å²) in [5, 5.41) is 9.86. The number of benzene rings is 2. The Hall–Kier alpha value is -3.40. The van der Waals surface area contributed by atoms with Gasteiger partial charge in [-0.25, -0.2) is 22.4 Å². The van der Waals surface area contributed by atoms with Crippen LogP contribution in [0.15, 0.2) is 36.4 Å². The highest BCUT2D eigenvalue weighted by atomic mass is 19.2. The van der Waals surface area contributed by atoms with Gasteiger partial charge in [0.05, 0.1) is 12.0 Å². The molecule has 3 aromatic rings. The molecule has 1 aromatic heterocycles. The number of carbonyl (C=O) groups is 2. The topological polar surface area (TPSA) is 76.6 Å². The summed E-state index contributed by atoms with van der Waals surface area (Å²) in [5.41, 5.74) is 1.59. The Labute approximate surface area is 204 Å². The molecule has 190 valence electrons. The number of carbonyl (C=O) groups excluding carboxylic acids is 1. The number of fused-ring (bicyclic) bond motifs is 3. The van der Waals surface area contributed by atoms with Crippen molar-refractivity contribution in [3.8, 4) is 0 Å². The van der Waals surface area contributed by atoms with Gasteiger partial charge in [-0.15, -0.1) is 0 Å². The zero-order valence-electron chi connectivity index (χ0n) is 19.5. The lowest BCUT2D eigenvalue weighted by Crippen LogP contribution is -2.52. The van der Waals surface area contributed by atoms with Crippen molar-refractivity contribution in [3.63, 3.8) is 0 Å². The summed E-state index contributed by atoms with van der Waals surface area (Å²) in [6.45, 7) is 0.160. The van der Waals surface area contributed by atoms with Gasteiger partial charge in [0.2, 0.25) is 0 Å². The van der Waals surface area contributed by atoms with Gasteiger partial charge in [0.25, 0.3) is 0 Å². The third-order valence-corrected chi connectivity index (χ3v) is 7.25. The molecule has 1 amide bonds. The van der Waals surface area contributed by atoms with Crippen LogP contribution in [0, 0.1) is 17.6 Å². The van der Waals surface area contributed by atoms with Crippen LogP contribution in [0.1, 0.15) is 40.1 Å². The number of halogens is 4. The second-order valence-corrected chi connectivity index (χ2v) is 9.57. The quantitative estimate of drug-likeness (QED) is 0.371. The SMILES string of the molecule is C[C@@H]1Cc2c([nH]c3ccccc23)[C@@H](c2c(F)cc(C(=O)C3CN(C(=O)O)C3)cc2F)N1CC(F)CF. The minimum absolute atomic E-state index is 0.0351. The number of rotatable bonds is 6. The molecule has 1 saturated heterocycles. The van der Waals surface area contributed by atoms with E-state index in [0.29, 0.717) is 12.1 Å². The van der Waals surface area contributed by atoms with Crippen LogP contribution in [0.4, 0.5) is 22.4 Å². The van der Waals surface area contributed by atoms with Gasteiger partial charge in [-0.2, -0.15) is 0 Å². The van der Waals surface area contributed by atoms with Gasteiger partial charge in [-0.3, -0.25) is 9.69 Å². The van der Waals surface area contributed by atoms with E-state index in [9.17, 15) is 18.4 Å². The first-order valence-corrected chi connectivity index (χ1v) is 11.8. The monoisotopic (exact) mass is 503 g/mol. The Kier molecular flexibility index (Phi) is 6.23. The third-order valence-electron chi connectivity index (χ3n) is 7.25. The molecule has 0 spiro atoms. The number of H-pyrrole nitrogens is 1. The number of Topliss-reactive ketones (excluding diaryl/α,β-unsaturated/α-hetero) is 1. The van der Waals surface area contributed by atoms with Crippen LogP contribution in [-0.2, 0) is 6.42 Å². The van der Waals surface area contributed by atoms with Crippen molar-refractivity contribution in [1.82, 2.24) is 14.8 Å². The standard InChI is InChI=1S/C26H25F4N3O3/c1-13-6-18-17-4-2-3-5-21(17)31-23(18)24(33(13)12-16(28)9-27)22-19(29)7-14(8-20(22)30)25(34)15-10-32(11-15)26(35)36/h2-5,7-8,13,15-16,24,31H,6,9-12H2,1H3,(H,35,36)/t13-,16?,24-/m1/s1. The molecule has 36 heavy (non-hydrogen) atoms. The molecule has 10 heteroatoms. The number of likely N-dealkylation sites (tertiary alicyclic amines) is 1. The summed E-state index contributed by atoms with van der Waals surface area (Å²) in [6.07, 6.45) is -2.51. The van der Waals surface area contributed by atoms with E-state index >= 15 is 8.78 Å². The predicted molar refractivity (Wildman–Crippen MR) is 125 cm³/mol. The van der Waals surface area contributed by atoms with Gasteiger partial charge >= 0.3 is 6.09 Å². The summed E-state index contributed by atoms with van der Waals surface area (Å²) in [6, 6.07) is 7.92. The Morgan fingerprint density at radius 1 is 1.17 bits per heavy atom. The molecule has 2 aliphatic rings. The molecule has 3 heterocycles. The number of alkyl halides is 2. The van der Waals surface area contributed by atoms with E-state index in [1.807, 2.05) is 24.3 Å². The maximum Gasteiger partial charge on any atom is 0.407 e. The Morgan fingerprint density at radius 2 is 1.83 bits per heavy atom. The highest BCUT2D eigenvalue weighted by Crippen LogP contribution is 2.43. The molecule has 2 aliphatic heterocycles. The van der Waals surface area contributed by atoms with Crippen molar-refractivity contribution >= 4 is 22.8 Å². The van der Waals surface area contributed by atoms with Crippen molar-refractivity contribution < 1.29 is 32.3 Å². The van der Waals surface area contributed by atoms with E-state index in [4.69, 9.17) is 5.11 Å². The van der Waals surface area contributed by atoms with Gasteiger partial charge in [-0.05, 0) is 37.1 Å². The number of aromatic nitrogens is 1. The summed E-state index contributed by atoms with van der Waals surface area (Å²) >= 11 is 0. The first-order valence-electron chi connectivity index (χ1n) is 11.8. The summed E-state index contributed by atoms with van der Waals surface area (Å²) in [4.78, 5) is 29.5. The van der Waals surface area contributed by atoms with E-state index in [1.54, 1.807) is 11.8 Å². The smallest absolute Gasteiger partial charge is 0.407 e. The highest BCUT2D eigenvalue weighted by Gasteiger charge is 2.41. The zero-order chi connectivity index (χ0) is 25.7. The number of amides is 1. The van der Waals surface area contributed by atoms with E-state index in [1.165, 1.54) is 0 Å². The van der Waals surface area contributed by atoms with E-state index in [-0.39, 0.29) is 36.8 Å². The molecule has 1 fully saturated rings. The summed E-state index contributed by atoms with van der Waals surface area (Å²) in [7, 11) is 0. The van der Waals surface area contributed by atoms with Crippen molar-refractivity contribution in [3.05, 3.63) is 70.4 Å². The number of hydrogen-bond donors (Lipinski definition) is 2. The molecular formula is C26H25F4N3O3. The fourth-order valence-corrected chi connectivity index (χ4v) is 5.40. The number of carboxylic acid groups (broad SMARTS) is 1. The van der Waals surface area contributed by atoms with E-state index in [0.717, 1.165) is 33.5 Å². The first kappa shape index (κ1) is 24.3. The molecule has 0 saturated carbocycles. The predicted octanol–water partition coefficient (Wildman–Crippen LogP) is 4.88. The maximum atomic E-state index is 15.6. The van der Waals surface area contributed by atoms with Gasteiger partial charge < -0.3 is 15.0 Å². The Bertz CT molecular complexity index is 1310. The minimum atomic E-state index is -1.83. The zero-order valence-corrected chi connectivity index (χ0v) is 19.5. The van der Waals surface area contributed by atoms with E-state index in [2.05, 4.69) is 4.98 Å². The molecule has 0 aliphatic carbocycles. The van der Waals surface area contributed by atoms with Crippen molar-refractivity contribution in [2.24, 2.45) is 5.92 Å². The number of hydrogen-bond acceptors (Lipinski definition) is 3. The number of ketones is 1. The van der Waals surface area contributed by atoms with Gasteiger partial charge in [0, 0.05) is 53.4 Å². The van der Waals surface area contributed by atoms with Crippen LogP contribution in [0.25, 0.3) is 10.9 Å². The second-order valence-electron chi connectivity index (χ2n) is 9.57. The van der Waals surface area contributed by atoms with Crippen molar-refractivity contribution in [2.45, 2.75) is 31.6 Å². The van der Waals surface area contributed by atoms with Crippen LogP contribution in [0.5, 0.6) is 0 Å². The molecule has 6 nitrogen and oxygen atoms in total. The van der Waals surface area contributed by atoms with Crippen LogP contribution < -0.4 is 0 Å². The van der Waals surface area contributed by atoms with E-state index < -0.39 is 48.3 Å². The number of aromatic amines is 1. The fraction of sp³-hybridized carbons (Fsp3) is 0.385. The van der Waals surface area contributed by atoms with Gasteiger partial charge in [-0.1, -0.05) is 18.2 Å². The molecular weight excluding hydrogens is 478 g/mol. The molecule has 0 bridgehead atoms. The van der Waals surface area contributed by atoms with Crippen molar-refractivity contribution in [2.75, 3.05) is 26.3 Å². The number of para-hydroxylation sites is 1. The number of nitrogens with one attached hydrogen (secondary N) is 1. The number of nitrogens with zero attached hydrogens (tertiary/aromatic N) is 2. The molecule has 5 rings (SSSR count). The average molecular weight is 503 g/mol. The molecule has 2 aromatic carbocycles. The summed E-state index contributed by atoms with van der Waals surface area (Å²) in [5.74, 6) is -3.17. The normalized spacial score (nSPS) is 21.3. The van der Waals surface area contributed by atoms with Gasteiger partial charge in [0.15, 0.2) is 5.78 Å². The lowest BCUT2D eigenvalue weighted by atomic mass is 9.86. The van der Waals surface area contributed by atoms with Gasteiger partial charge in [0.1, 0.15) is 24.5 Å². The lowest BCUT2D eigenvalue weighted by molar-refractivity contribution is 0.0609. The Balaban J connectivity index is 1.57. The van der Waals surface area contributed by atoms with Crippen LogP contribution in [-0.4, -0.2) is 70.3 Å². The first-order chi connectivity index (χ1) is 17.2. The van der Waals surface area contributed by atoms with Crippen LogP contribution in [0.3, 0.4) is 0 Å². The second kappa shape index (κ2) is 9.24. The minimum Gasteiger partial charge on any atom is -0.465 e. The molecule has 0 radical (unpaired) electrons. The van der Waals surface area contributed by atoms with Crippen LogP contribution in [0.2, 0.25) is 0 Å². The molecule has 3 atom stereocenters. The average Bonchev–Trinajstić information content (AvgIpc) is 3.16. The summed E-state index contributed by atoms with van der Waals surface area (Å²) < 4.78 is 58.6. The maximum absolute atomic E-state index is 15.6.